The summed E-state index contributed by atoms with van der Waals surface area (Å²) in [6, 6.07) is 12.4. The van der Waals surface area contributed by atoms with Crippen LogP contribution in [0.3, 0.4) is 0 Å². The largest absolute Gasteiger partial charge is 0.493 e. The number of halogens is 1. The Labute approximate surface area is 238 Å². The monoisotopic (exact) mass is 569 g/mol. The fraction of sp³-hybridized carbons (Fsp3) is 0.433. The van der Waals surface area contributed by atoms with Crippen LogP contribution in [-0.4, -0.2) is 67.1 Å². The van der Waals surface area contributed by atoms with Gasteiger partial charge in [0.15, 0.2) is 11.5 Å². The van der Waals surface area contributed by atoms with Gasteiger partial charge in [-0.3, -0.25) is 14.5 Å². The number of aromatic nitrogens is 1. The van der Waals surface area contributed by atoms with Gasteiger partial charge in [0.25, 0.3) is 5.91 Å². The van der Waals surface area contributed by atoms with Crippen molar-refractivity contribution in [1.29, 1.82) is 0 Å². The van der Waals surface area contributed by atoms with Crippen molar-refractivity contribution < 1.29 is 28.2 Å². The first-order valence-corrected chi connectivity index (χ1v) is 14.4. The Bertz CT molecular complexity index is 1280. The lowest BCUT2D eigenvalue weighted by Gasteiger charge is -2.31. The average molecular weight is 570 g/mol. The summed E-state index contributed by atoms with van der Waals surface area (Å²) in [5.74, 6) is 0.384. The highest BCUT2D eigenvalue weighted by atomic mass is 32.1. The highest BCUT2D eigenvalue weighted by Gasteiger charge is 2.30. The molecule has 1 saturated heterocycles. The van der Waals surface area contributed by atoms with Gasteiger partial charge in [0.05, 0.1) is 33.3 Å². The number of thiazole rings is 1. The van der Waals surface area contributed by atoms with E-state index in [9.17, 15) is 14.0 Å². The minimum Gasteiger partial charge on any atom is -0.493 e. The molecule has 2 heterocycles. The number of carbonyl (C=O) groups excluding carboxylic acids is 2. The fourth-order valence-electron chi connectivity index (χ4n) is 4.83. The number of esters is 1. The molecule has 1 atom stereocenters. The molecule has 0 saturated carbocycles. The van der Waals surface area contributed by atoms with Gasteiger partial charge >= 0.3 is 5.97 Å². The summed E-state index contributed by atoms with van der Waals surface area (Å²) in [5.41, 5.74) is 2.48. The zero-order valence-corrected chi connectivity index (χ0v) is 24.0. The Morgan fingerprint density at radius 3 is 2.55 bits per heavy atom. The maximum absolute atomic E-state index is 13.5. The molecule has 0 N–H and O–H groups in total. The van der Waals surface area contributed by atoms with Crippen molar-refractivity contribution in [2.24, 2.45) is 5.92 Å². The number of ether oxygens (including phenoxy) is 3. The molecule has 1 fully saturated rings. The van der Waals surface area contributed by atoms with Crippen LogP contribution in [0.2, 0.25) is 0 Å². The minimum absolute atomic E-state index is 0.160. The topological polar surface area (TPSA) is 81.2 Å². The Balaban J connectivity index is 1.44. The number of nitrogens with zero attached hydrogens (tertiary/aromatic N) is 3. The molecule has 0 aliphatic carbocycles. The number of likely N-dealkylation sites (tertiary alicyclic amines) is 1. The average Bonchev–Trinajstić information content (AvgIpc) is 3.45. The van der Waals surface area contributed by atoms with Gasteiger partial charge in [-0.15, -0.1) is 11.3 Å². The van der Waals surface area contributed by atoms with Crippen LogP contribution in [-0.2, 0) is 29.0 Å². The summed E-state index contributed by atoms with van der Waals surface area (Å²) in [7, 11) is 3.23. The fourth-order valence-corrected chi connectivity index (χ4v) is 5.64. The highest BCUT2D eigenvalue weighted by molar-refractivity contribution is 7.09. The van der Waals surface area contributed by atoms with E-state index in [-0.39, 0.29) is 23.6 Å². The molecule has 3 aromatic rings. The van der Waals surface area contributed by atoms with Gasteiger partial charge in [-0.05, 0) is 61.6 Å². The second kappa shape index (κ2) is 14.2. The molecule has 1 aromatic heterocycles. The third kappa shape index (κ3) is 7.79. The van der Waals surface area contributed by atoms with Crippen LogP contribution in [0.4, 0.5) is 4.39 Å². The van der Waals surface area contributed by atoms with E-state index in [4.69, 9.17) is 14.2 Å². The van der Waals surface area contributed by atoms with Crippen molar-refractivity contribution >= 4 is 23.2 Å². The number of rotatable bonds is 12. The number of amides is 1. The predicted octanol–water partition coefficient (Wildman–Crippen LogP) is 4.96. The van der Waals surface area contributed by atoms with E-state index in [1.807, 2.05) is 18.2 Å². The lowest BCUT2D eigenvalue weighted by atomic mass is 9.98. The van der Waals surface area contributed by atoms with Crippen LogP contribution in [0.1, 0.15) is 46.4 Å². The van der Waals surface area contributed by atoms with Gasteiger partial charge < -0.3 is 19.1 Å². The van der Waals surface area contributed by atoms with Crippen LogP contribution in [0, 0.1) is 11.7 Å². The predicted molar refractivity (Wildman–Crippen MR) is 151 cm³/mol. The number of piperidine rings is 1. The van der Waals surface area contributed by atoms with Gasteiger partial charge in [-0.1, -0.05) is 18.2 Å². The van der Waals surface area contributed by atoms with Gasteiger partial charge in [-0.2, -0.15) is 0 Å². The SMILES string of the molecule is CCOC(=O)C1CCCN(C(=O)c2csc(CN(CCc3ccc(OC)c(OC)c3)Cc3ccc(F)cc3)n2)C1. The van der Waals surface area contributed by atoms with Crippen LogP contribution < -0.4 is 9.47 Å². The maximum Gasteiger partial charge on any atom is 0.310 e. The van der Waals surface area contributed by atoms with E-state index in [0.717, 1.165) is 35.4 Å². The second-order valence-corrected chi connectivity index (χ2v) is 10.7. The van der Waals surface area contributed by atoms with Crippen molar-refractivity contribution in [3.63, 3.8) is 0 Å². The summed E-state index contributed by atoms with van der Waals surface area (Å²) in [5, 5.41) is 2.60. The first-order chi connectivity index (χ1) is 19.4. The lowest BCUT2D eigenvalue weighted by molar-refractivity contribution is -0.149. The third-order valence-corrected chi connectivity index (χ3v) is 7.78. The molecule has 0 spiro atoms. The molecule has 2 aromatic carbocycles. The van der Waals surface area contributed by atoms with Crippen molar-refractivity contribution in [3.05, 3.63) is 75.5 Å². The molecular formula is C30H36FN3O5S. The third-order valence-electron chi connectivity index (χ3n) is 6.94. The molecule has 40 heavy (non-hydrogen) atoms. The Kier molecular flexibility index (Phi) is 10.5. The van der Waals surface area contributed by atoms with Gasteiger partial charge in [0.2, 0.25) is 0 Å². The molecule has 0 bridgehead atoms. The lowest BCUT2D eigenvalue weighted by Crippen LogP contribution is -2.43. The number of carbonyl (C=O) groups is 2. The molecule has 1 aliphatic heterocycles. The van der Waals surface area contributed by atoms with Crippen LogP contribution in [0.25, 0.3) is 0 Å². The molecule has 1 unspecified atom stereocenters. The van der Waals surface area contributed by atoms with Crippen LogP contribution in [0.5, 0.6) is 11.5 Å². The first-order valence-electron chi connectivity index (χ1n) is 13.5. The van der Waals surface area contributed by atoms with Crippen LogP contribution in [0.15, 0.2) is 47.8 Å². The molecule has 0 radical (unpaired) electrons. The summed E-state index contributed by atoms with van der Waals surface area (Å²) < 4.78 is 29.5. The first kappa shape index (κ1) is 29.5. The summed E-state index contributed by atoms with van der Waals surface area (Å²) >= 11 is 1.44. The minimum atomic E-state index is -0.293. The van der Waals surface area contributed by atoms with Gasteiger partial charge in [0, 0.05) is 31.6 Å². The number of methoxy groups -OCH3 is 2. The number of hydrogen-bond acceptors (Lipinski definition) is 8. The molecule has 4 rings (SSSR count). The normalized spacial score (nSPS) is 15.2. The van der Waals surface area contributed by atoms with E-state index in [1.165, 1.54) is 23.5 Å². The summed E-state index contributed by atoms with van der Waals surface area (Å²) in [4.78, 5) is 34.0. The second-order valence-electron chi connectivity index (χ2n) is 9.75. The van der Waals surface area contributed by atoms with Gasteiger partial charge in [-0.25, -0.2) is 9.37 Å². The standard InChI is InChI=1S/C30H36FN3O5S/c1-4-39-30(36)23-6-5-14-34(18-23)29(35)25-20-40-28(32-25)19-33(17-22-7-10-24(31)11-8-22)15-13-21-9-12-26(37-2)27(16-21)38-3/h7-12,16,20,23H,4-6,13-15,17-19H2,1-3H3. The van der Waals surface area contributed by atoms with E-state index < -0.39 is 0 Å². The Hall–Kier alpha value is -3.50. The molecule has 1 aliphatic rings. The maximum atomic E-state index is 13.5. The van der Waals surface area contributed by atoms with Crippen LogP contribution >= 0.6 is 11.3 Å². The molecule has 10 heteroatoms. The highest BCUT2D eigenvalue weighted by Crippen LogP contribution is 2.28. The zero-order chi connectivity index (χ0) is 28.5. The van der Waals surface area contributed by atoms with Gasteiger partial charge in [0.1, 0.15) is 16.5 Å². The number of benzene rings is 2. The smallest absolute Gasteiger partial charge is 0.310 e. The molecule has 8 nitrogen and oxygen atoms in total. The van der Waals surface area contributed by atoms with E-state index in [0.29, 0.717) is 56.5 Å². The number of hydrogen-bond donors (Lipinski definition) is 0. The Morgan fingerprint density at radius 2 is 1.82 bits per heavy atom. The van der Waals surface area contributed by atoms with E-state index in [1.54, 1.807) is 43.6 Å². The summed E-state index contributed by atoms with van der Waals surface area (Å²) in [6.45, 7) is 4.92. The zero-order valence-electron chi connectivity index (χ0n) is 23.2. The quantitative estimate of drug-likeness (QED) is 0.285. The molecule has 214 valence electrons. The summed E-state index contributed by atoms with van der Waals surface area (Å²) in [6.07, 6.45) is 2.24. The molecular weight excluding hydrogens is 533 g/mol. The van der Waals surface area contributed by atoms with E-state index in [2.05, 4.69) is 9.88 Å². The molecule has 1 amide bonds. The Morgan fingerprint density at radius 1 is 1.07 bits per heavy atom. The van der Waals surface area contributed by atoms with Crippen molar-refractivity contribution in [1.82, 2.24) is 14.8 Å². The van der Waals surface area contributed by atoms with Crippen molar-refractivity contribution in [2.75, 3.05) is 40.5 Å². The van der Waals surface area contributed by atoms with E-state index >= 15 is 0 Å². The van der Waals surface area contributed by atoms with Crippen molar-refractivity contribution in [3.8, 4) is 11.5 Å². The van der Waals surface area contributed by atoms with Crippen molar-refractivity contribution in [2.45, 2.75) is 39.3 Å².